The van der Waals surface area contributed by atoms with Gasteiger partial charge in [-0.25, -0.2) is 0 Å². The molecule has 2 heterocycles. The summed E-state index contributed by atoms with van der Waals surface area (Å²) in [6.07, 6.45) is 13.2. The van der Waals surface area contributed by atoms with Gasteiger partial charge in [-0.2, -0.15) is 0 Å². The first-order valence-electron chi connectivity index (χ1n) is 10.3. The molecule has 0 saturated carbocycles. The van der Waals surface area contributed by atoms with Gasteiger partial charge in [-0.15, -0.1) is 0 Å². The zero-order valence-corrected chi connectivity index (χ0v) is 15.8. The van der Waals surface area contributed by atoms with Crippen LogP contribution in [0.3, 0.4) is 0 Å². The molecule has 0 fully saturated rings. The Labute approximate surface area is 160 Å². The third-order valence-electron chi connectivity index (χ3n) is 6.44. The molecule has 0 bridgehead atoms. The van der Waals surface area contributed by atoms with Crippen LogP contribution in [0.2, 0.25) is 0 Å². The van der Waals surface area contributed by atoms with Crippen molar-refractivity contribution >= 4 is 38.4 Å². The number of rotatable bonds is 1. The predicted octanol–water partition coefficient (Wildman–Crippen LogP) is 6.84. The minimum Gasteiger partial charge on any atom is -0.358 e. The second-order valence-corrected chi connectivity index (χ2v) is 8.23. The van der Waals surface area contributed by atoms with Gasteiger partial charge in [0.05, 0.1) is 11.0 Å². The molecule has 1 unspecified atom stereocenters. The highest BCUT2D eigenvalue weighted by molar-refractivity contribution is 6.20. The molecule has 27 heavy (non-hydrogen) atoms. The van der Waals surface area contributed by atoms with Crippen LogP contribution in [0.4, 0.5) is 0 Å². The van der Waals surface area contributed by atoms with Crippen molar-refractivity contribution in [1.29, 1.82) is 0 Å². The van der Waals surface area contributed by atoms with Gasteiger partial charge in [-0.3, -0.25) is 0 Å². The number of nitrogens with zero attached hydrogens (tertiary/aromatic N) is 1. The second-order valence-electron chi connectivity index (χ2n) is 8.23. The fraction of sp³-hybridized carbons (Fsp3) is 0.280. The summed E-state index contributed by atoms with van der Waals surface area (Å²) in [5.74, 6) is 0.627. The molecule has 2 aliphatic carbocycles. The number of H-pyrrole nitrogens is 1. The number of para-hydroxylation sites is 1. The first-order chi connectivity index (χ1) is 13.3. The molecule has 2 aromatic carbocycles. The third kappa shape index (κ3) is 2.13. The number of hydrogen-bond donors (Lipinski definition) is 1. The number of aromatic amines is 1. The minimum absolute atomic E-state index is 0. The maximum absolute atomic E-state index is 3.74. The normalized spacial score (nSPS) is 19.7. The van der Waals surface area contributed by atoms with Crippen LogP contribution in [-0.2, 0) is 12.8 Å². The Bertz CT molecular complexity index is 1270. The number of hydrogen-bond acceptors (Lipinski definition) is 0. The van der Waals surface area contributed by atoms with E-state index >= 15 is 0 Å². The predicted molar refractivity (Wildman–Crippen MR) is 117 cm³/mol. The van der Waals surface area contributed by atoms with Gasteiger partial charge in [0.2, 0.25) is 0 Å². The largest absolute Gasteiger partial charge is 0.358 e. The van der Waals surface area contributed by atoms with Gasteiger partial charge >= 0.3 is 0 Å². The first-order valence-corrected chi connectivity index (χ1v) is 10.3. The molecule has 136 valence electrons. The lowest BCUT2D eigenvalue weighted by atomic mass is 9.94. The Balaban J connectivity index is 0.00000171. The lowest BCUT2D eigenvalue weighted by molar-refractivity contribution is 0.680. The fourth-order valence-electron chi connectivity index (χ4n) is 5.10. The first kappa shape index (κ1) is 15.3. The van der Waals surface area contributed by atoms with Gasteiger partial charge < -0.3 is 9.55 Å². The summed E-state index contributed by atoms with van der Waals surface area (Å²) in [4.78, 5) is 3.74. The Hall–Kier alpha value is -2.74. The van der Waals surface area contributed by atoms with Crippen molar-refractivity contribution in [2.45, 2.75) is 39.0 Å². The van der Waals surface area contributed by atoms with Crippen molar-refractivity contribution in [3.63, 3.8) is 0 Å². The van der Waals surface area contributed by atoms with Gasteiger partial charge in [0.1, 0.15) is 0 Å². The van der Waals surface area contributed by atoms with E-state index in [1.807, 2.05) is 0 Å². The zero-order chi connectivity index (χ0) is 18.0. The molecule has 0 amide bonds. The third-order valence-corrected chi connectivity index (χ3v) is 6.44. The number of benzene rings is 2. The minimum atomic E-state index is 0. The monoisotopic (exact) mass is 354 g/mol. The van der Waals surface area contributed by atoms with E-state index in [-0.39, 0.29) is 1.43 Å². The summed E-state index contributed by atoms with van der Waals surface area (Å²) in [6.45, 7) is 2.29. The van der Waals surface area contributed by atoms with Crippen LogP contribution in [0.5, 0.6) is 0 Å². The molecular weight excluding hydrogens is 328 g/mol. The summed E-state index contributed by atoms with van der Waals surface area (Å²) in [5, 5.41) is 4.18. The number of fused-ring (bicyclic) bond motifs is 7. The summed E-state index contributed by atoms with van der Waals surface area (Å²) in [5.41, 5.74) is 8.33. The average molecular weight is 354 g/mol. The van der Waals surface area contributed by atoms with Crippen molar-refractivity contribution in [2.24, 2.45) is 5.92 Å². The standard InChI is InChI=1S/C25H24N2.H2/c1-16-10-12-17(13-11-16)27-23-9-5-3-6-18(23)19-14-15-22-24(25(19)27)20-7-2-4-8-21(20)26-22;/h3,5-6,9-10,12-16,26H,2,4,7-8,11H2,1H3;1H. The molecule has 0 saturated heterocycles. The highest BCUT2D eigenvalue weighted by Gasteiger charge is 2.22. The van der Waals surface area contributed by atoms with Crippen molar-refractivity contribution in [3.8, 4) is 0 Å². The molecule has 2 aromatic heterocycles. The van der Waals surface area contributed by atoms with Crippen LogP contribution in [0, 0.1) is 5.92 Å². The Kier molecular flexibility index (Phi) is 3.19. The summed E-state index contributed by atoms with van der Waals surface area (Å²) >= 11 is 0. The maximum Gasteiger partial charge on any atom is 0.0637 e. The van der Waals surface area contributed by atoms with Crippen LogP contribution in [0.1, 0.15) is 38.9 Å². The molecule has 4 aromatic rings. The molecule has 2 nitrogen and oxygen atoms in total. The van der Waals surface area contributed by atoms with Crippen molar-refractivity contribution in [2.75, 3.05) is 0 Å². The van der Waals surface area contributed by atoms with Crippen LogP contribution < -0.4 is 0 Å². The number of aromatic nitrogens is 2. The van der Waals surface area contributed by atoms with E-state index in [2.05, 4.69) is 71.1 Å². The molecule has 0 aliphatic heterocycles. The smallest absolute Gasteiger partial charge is 0.0637 e. The summed E-state index contributed by atoms with van der Waals surface area (Å²) < 4.78 is 2.51. The van der Waals surface area contributed by atoms with E-state index < -0.39 is 0 Å². The highest BCUT2D eigenvalue weighted by atomic mass is 15.0. The van der Waals surface area contributed by atoms with Crippen LogP contribution in [0.15, 0.2) is 54.6 Å². The summed E-state index contributed by atoms with van der Waals surface area (Å²) in [6, 6.07) is 13.5. The van der Waals surface area contributed by atoms with E-state index in [0.29, 0.717) is 5.92 Å². The van der Waals surface area contributed by atoms with E-state index in [1.165, 1.54) is 69.8 Å². The SMILES string of the molecule is CC1C=CC(n2c3ccccc3c3ccc4[nH]c5c(c4c32)CCCC5)=CC1.[HH]. The molecule has 6 rings (SSSR count). The van der Waals surface area contributed by atoms with Crippen molar-refractivity contribution in [1.82, 2.24) is 9.55 Å². The van der Waals surface area contributed by atoms with E-state index in [1.54, 1.807) is 5.56 Å². The Morgan fingerprint density at radius 2 is 1.93 bits per heavy atom. The van der Waals surface area contributed by atoms with Gasteiger partial charge in [-0.05, 0) is 61.8 Å². The van der Waals surface area contributed by atoms with E-state index in [9.17, 15) is 0 Å². The van der Waals surface area contributed by atoms with Crippen molar-refractivity contribution in [3.05, 3.63) is 65.9 Å². The lowest BCUT2D eigenvalue weighted by Gasteiger charge is -2.16. The molecular formula is C25H26N2. The van der Waals surface area contributed by atoms with E-state index in [4.69, 9.17) is 0 Å². The van der Waals surface area contributed by atoms with Gasteiger partial charge in [-0.1, -0.05) is 43.3 Å². The van der Waals surface area contributed by atoms with Crippen LogP contribution in [0.25, 0.3) is 38.4 Å². The molecule has 0 spiro atoms. The van der Waals surface area contributed by atoms with Crippen molar-refractivity contribution < 1.29 is 1.43 Å². The lowest BCUT2D eigenvalue weighted by Crippen LogP contribution is -2.02. The number of aryl methyl sites for hydroxylation is 2. The Morgan fingerprint density at radius 3 is 2.81 bits per heavy atom. The second kappa shape index (κ2) is 5.63. The van der Waals surface area contributed by atoms with Gasteiger partial charge in [0.15, 0.2) is 0 Å². The molecule has 2 heteroatoms. The molecule has 1 N–H and O–H groups in total. The van der Waals surface area contributed by atoms with Crippen LogP contribution in [-0.4, -0.2) is 9.55 Å². The Morgan fingerprint density at radius 1 is 1.04 bits per heavy atom. The summed E-state index contributed by atoms with van der Waals surface area (Å²) in [7, 11) is 0. The van der Waals surface area contributed by atoms with E-state index in [0.717, 1.165) is 6.42 Å². The highest BCUT2D eigenvalue weighted by Crippen LogP contribution is 2.40. The van der Waals surface area contributed by atoms with Gasteiger partial charge in [0, 0.05) is 34.5 Å². The molecule has 0 radical (unpaired) electrons. The van der Waals surface area contributed by atoms with Crippen LogP contribution >= 0.6 is 0 Å². The topological polar surface area (TPSA) is 20.7 Å². The van der Waals surface area contributed by atoms with Gasteiger partial charge in [0.25, 0.3) is 0 Å². The molecule has 2 aliphatic rings. The maximum atomic E-state index is 3.74. The average Bonchev–Trinajstić information content (AvgIpc) is 3.24. The quantitative estimate of drug-likeness (QED) is 0.386. The molecule has 1 atom stereocenters. The fourth-order valence-corrected chi connectivity index (χ4v) is 5.10. The zero-order valence-electron chi connectivity index (χ0n) is 15.8. The number of allylic oxidation sites excluding steroid dienone is 4. The number of nitrogens with one attached hydrogen (secondary N) is 1.